The number of fused-ring (bicyclic) bond motifs is 2. The first-order valence-electron chi connectivity index (χ1n) is 10.3. The molecule has 1 amide bonds. The van der Waals surface area contributed by atoms with Crippen molar-refractivity contribution >= 4 is 49.5 Å². The summed E-state index contributed by atoms with van der Waals surface area (Å²) in [6.45, 7) is 0. The molecule has 5 aromatic rings. The van der Waals surface area contributed by atoms with Crippen LogP contribution in [-0.4, -0.2) is 23.1 Å². The zero-order valence-electron chi connectivity index (χ0n) is 17.4. The molecule has 164 valence electrons. The molecule has 0 spiro atoms. The van der Waals surface area contributed by atoms with Crippen LogP contribution in [0.4, 0.5) is 0 Å². The number of benzene rings is 4. The van der Waals surface area contributed by atoms with Gasteiger partial charge < -0.3 is 0 Å². The molecule has 1 atom stereocenters. The Morgan fingerprint density at radius 1 is 0.818 bits per heavy atom. The molecule has 0 saturated carbocycles. The maximum absolute atomic E-state index is 13.4. The third-order valence-corrected chi connectivity index (χ3v) is 7.46. The van der Waals surface area contributed by atoms with Crippen molar-refractivity contribution in [1.82, 2.24) is 13.5 Å². The van der Waals surface area contributed by atoms with Crippen LogP contribution in [0.25, 0.3) is 21.8 Å². The molecule has 0 aliphatic rings. The van der Waals surface area contributed by atoms with Gasteiger partial charge in [-0.05, 0) is 52.6 Å². The van der Waals surface area contributed by atoms with E-state index in [2.05, 4.69) is 13.5 Å². The minimum absolute atomic E-state index is 0.0435. The van der Waals surface area contributed by atoms with Gasteiger partial charge in [0.1, 0.15) is 11.0 Å². The van der Waals surface area contributed by atoms with Gasteiger partial charge in [0.15, 0.2) is 0 Å². The maximum Gasteiger partial charge on any atom is 0.264 e. The Hall–Kier alpha value is -3.62. The van der Waals surface area contributed by atoms with Gasteiger partial charge in [-0.3, -0.25) is 4.79 Å². The van der Waals surface area contributed by atoms with Gasteiger partial charge in [-0.15, -0.1) is 0 Å². The summed E-state index contributed by atoms with van der Waals surface area (Å²) >= 11 is 1.10. The lowest BCUT2D eigenvalue weighted by molar-refractivity contribution is -0.120. The van der Waals surface area contributed by atoms with Crippen LogP contribution in [0, 0.1) is 0 Å². The number of carbonyl (C=O) groups excluding carboxylic acids is 1. The van der Waals surface area contributed by atoms with Gasteiger partial charge in [0.25, 0.3) is 10.0 Å². The quantitative estimate of drug-likeness (QED) is 0.387. The van der Waals surface area contributed by atoms with Gasteiger partial charge in [0.2, 0.25) is 5.91 Å². The molecule has 0 aliphatic heterocycles. The summed E-state index contributed by atoms with van der Waals surface area (Å²) in [5.74, 6) is -1.31. The van der Waals surface area contributed by atoms with E-state index in [1.165, 1.54) is 12.1 Å². The summed E-state index contributed by atoms with van der Waals surface area (Å²) in [6, 6.07) is 27.3. The molecule has 4 aromatic carbocycles. The number of carbonyl (C=O) groups is 1. The number of nitrogens with one attached hydrogen (secondary N) is 1. The SMILES string of the molecule is O=C(NS(=O)(=O)c1ccccc1)C(Cc1ccc2ccccc2c1)c1ccc2nsnc2c1. The van der Waals surface area contributed by atoms with Gasteiger partial charge in [-0.2, -0.15) is 8.75 Å². The largest absolute Gasteiger partial charge is 0.273 e. The first-order valence-corrected chi connectivity index (χ1v) is 12.5. The first-order chi connectivity index (χ1) is 16.0. The predicted octanol–water partition coefficient (Wildman–Crippen LogP) is 4.68. The third kappa shape index (κ3) is 4.48. The minimum Gasteiger partial charge on any atom is -0.273 e. The van der Waals surface area contributed by atoms with Crippen LogP contribution in [0.3, 0.4) is 0 Å². The van der Waals surface area contributed by atoms with E-state index in [0.29, 0.717) is 17.5 Å². The molecule has 0 fully saturated rings. The summed E-state index contributed by atoms with van der Waals surface area (Å²) in [7, 11) is -4.00. The summed E-state index contributed by atoms with van der Waals surface area (Å²) in [4.78, 5) is 13.4. The topological polar surface area (TPSA) is 89.0 Å². The van der Waals surface area contributed by atoms with Crippen LogP contribution in [0.5, 0.6) is 0 Å². The van der Waals surface area contributed by atoms with E-state index in [0.717, 1.165) is 33.6 Å². The van der Waals surface area contributed by atoms with E-state index in [1.54, 1.807) is 30.3 Å². The van der Waals surface area contributed by atoms with Crippen molar-refractivity contribution in [2.45, 2.75) is 17.2 Å². The molecule has 0 bridgehead atoms. The highest BCUT2D eigenvalue weighted by atomic mass is 32.2. The maximum atomic E-state index is 13.4. The Morgan fingerprint density at radius 3 is 2.36 bits per heavy atom. The zero-order chi connectivity index (χ0) is 22.8. The van der Waals surface area contributed by atoms with Crippen molar-refractivity contribution in [2.24, 2.45) is 0 Å². The molecule has 0 aliphatic carbocycles. The van der Waals surface area contributed by atoms with E-state index in [-0.39, 0.29) is 4.90 Å². The fourth-order valence-corrected chi connectivity index (χ4v) is 5.40. The lowest BCUT2D eigenvalue weighted by Gasteiger charge is -2.18. The third-order valence-electron chi connectivity index (χ3n) is 5.54. The predicted molar refractivity (Wildman–Crippen MR) is 130 cm³/mol. The molecule has 0 radical (unpaired) electrons. The second-order valence-corrected chi connectivity index (χ2v) is 9.94. The second kappa shape index (κ2) is 8.73. The molecule has 33 heavy (non-hydrogen) atoms. The molecule has 1 aromatic heterocycles. The normalized spacial score (nSPS) is 12.6. The molecule has 6 nitrogen and oxygen atoms in total. The standard InChI is InChI=1S/C25H19N3O3S2/c29-25(28-33(30,31)21-8-2-1-3-9-21)22(20-12-13-23-24(16-20)27-32-26-23)15-17-10-11-18-6-4-5-7-19(18)14-17/h1-14,16,22H,15H2,(H,28,29). The molecular formula is C25H19N3O3S2. The van der Waals surface area contributed by atoms with Crippen LogP contribution >= 0.6 is 11.7 Å². The first kappa shape index (κ1) is 21.2. The number of sulfonamides is 1. The highest BCUT2D eigenvalue weighted by molar-refractivity contribution is 7.90. The monoisotopic (exact) mass is 473 g/mol. The van der Waals surface area contributed by atoms with Crippen LogP contribution in [0.2, 0.25) is 0 Å². The van der Waals surface area contributed by atoms with Crippen molar-refractivity contribution in [3.05, 3.63) is 102 Å². The van der Waals surface area contributed by atoms with Gasteiger partial charge in [0.05, 0.1) is 22.5 Å². The zero-order valence-corrected chi connectivity index (χ0v) is 19.0. The highest BCUT2D eigenvalue weighted by Crippen LogP contribution is 2.27. The smallest absolute Gasteiger partial charge is 0.264 e. The van der Waals surface area contributed by atoms with Crippen LogP contribution < -0.4 is 4.72 Å². The van der Waals surface area contributed by atoms with Crippen molar-refractivity contribution < 1.29 is 13.2 Å². The average molecular weight is 474 g/mol. The number of aromatic nitrogens is 2. The molecule has 1 heterocycles. The summed E-state index contributed by atoms with van der Waals surface area (Å²) < 4.78 is 36.4. The Morgan fingerprint density at radius 2 is 1.55 bits per heavy atom. The van der Waals surface area contributed by atoms with E-state index < -0.39 is 21.8 Å². The number of rotatable bonds is 6. The second-order valence-electron chi connectivity index (χ2n) is 7.73. The van der Waals surface area contributed by atoms with Gasteiger partial charge >= 0.3 is 0 Å². The van der Waals surface area contributed by atoms with Crippen molar-refractivity contribution in [1.29, 1.82) is 0 Å². The van der Waals surface area contributed by atoms with Crippen molar-refractivity contribution in [3.8, 4) is 0 Å². The summed E-state index contributed by atoms with van der Waals surface area (Å²) in [5.41, 5.74) is 3.04. The number of hydrogen-bond donors (Lipinski definition) is 1. The van der Waals surface area contributed by atoms with E-state index in [9.17, 15) is 13.2 Å². The van der Waals surface area contributed by atoms with Crippen LogP contribution in [-0.2, 0) is 21.2 Å². The fourth-order valence-electron chi connectivity index (χ4n) is 3.84. The summed E-state index contributed by atoms with van der Waals surface area (Å²) in [6.07, 6.45) is 0.337. The van der Waals surface area contributed by atoms with Crippen molar-refractivity contribution in [3.63, 3.8) is 0 Å². The van der Waals surface area contributed by atoms with E-state index >= 15 is 0 Å². The highest BCUT2D eigenvalue weighted by Gasteiger charge is 2.27. The lowest BCUT2D eigenvalue weighted by Crippen LogP contribution is -2.35. The lowest BCUT2D eigenvalue weighted by atomic mass is 9.90. The summed E-state index contributed by atoms with van der Waals surface area (Å²) in [5, 5.41) is 2.16. The molecule has 1 unspecified atom stereocenters. The van der Waals surface area contributed by atoms with Gasteiger partial charge in [-0.25, -0.2) is 13.1 Å². The molecular weight excluding hydrogens is 454 g/mol. The van der Waals surface area contributed by atoms with Gasteiger partial charge in [-0.1, -0.05) is 66.7 Å². The Bertz CT molecular complexity index is 1560. The average Bonchev–Trinajstić information content (AvgIpc) is 3.30. The minimum atomic E-state index is -4.00. The number of nitrogens with zero attached hydrogens (tertiary/aromatic N) is 2. The van der Waals surface area contributed by atoms with Crippen LogP contribution in [0.1, 0.15) is 17.0 Å². The Kier molecular flexibility index (Phi) is 5.62. The Balaban J connectivity index is 1.51. The van der Waals surface area contributed by atoms with Crippen molar-refractivity contribution in [2.75, 3.05) is 0 Å². The molecule has 0 saturated heterocycles. The van der Waals surface area contributed by atoms with E-state index in [1.807, 2.05) is 48.5 Å². The van der Waals surface area contributed by atoms with E-state index in [4.69, 9.17) is 0 Å². The molecule has 5 rings (SSSR count). The molecule has 1 N–H and O–H groups in total. The van der Waals surface area contributed by atoms with Crippen LogP contribution in [0.15, 0.2) is 95.9 Å². The number of hydrogen-bond acceptors (Lipinski definition) is 6. The Labute approximate surface area is 195 Å². The number of amides is 1. The van der Waals surface area contributed by atoms with Gasteiger partial charge in [0, 0.05) is 0 Å². The fraction of sp³-hybridized carbons (Fsp3) is 0.0800. The molecule has 8 heteroatoms.